The standard InChI is InChI=1S/C10H14.2C5H5N.C2H7O3P.2ClH/c1-10(2,3)9-7-5-4-6-8-9;2*1-2-4-6-5-3-1;1-2-6(3,4)5;;/h4-8H,1-3H3;2*1-5H;2H2,1H3,(H2,3,4,5);2*1H. The maximum absolute atomic E-state index is 9.69. The number of aromatic nitrogens is 2. The Morgan fingerprint density at radius 2 is 1.03 bits per heavy atom. The van der Waals surface area contributed by atoms with Crippen LogP contribution >= 0.6 is 32.4 Å². The molecule has 1 aromatic carbocycles. The quantitative estimate of drug-likeness (QED) is 0.411. The third kappa shape index (κ3) is 22.5. The van der Waals surface area contributed by atoms with Crippen LogP contribution in [-0.4, -0.2) is 25.9 Å². The lowest BCUT2D eigenvalue weighted by Crippen LogP contribution is -2.10. The van der Waals surface area contributed by atoms with E-state index in [1.54, 1.807) is 24.8 Å². The van der Waals surface area contributed by atoms with Crippen LogP contribution in [0.1, 0.15) is 33.3 Å². The van der Waals surface area contributed by atoms with Crippen LogP contribution in [0.5, 0.6) is 0 Å². The van der Waals surface area contributed by atoms with Gasteiger partial charge in [0.05, 0.1) is 0 Å². The van der Waals surface area contributed by atoms with Gasteiger partial charge >= 0.3 is 7.60 Å². The van der Waals surface area contributed by atoms with Crippen molar-refractivity contribution < 1.29 is 14.4 Å². The Kier molecular flexibility index (Phi) is 21.1. The topological polar surface area (TPSA) is 83.3 Å². The molecule has 8 heteroatoms. The monoisotopic (exact) mass is 474 g/mol. The minimum Gasteiger partial charge on any atom is -0.324 e. The summed E-state index contributed by atoms with van der Waals surface area (Å²) >= 11 is 0. The van der Waals surface area contributed by atoms with Crippen LogP contribution < -0.4 is 0 Å². The molecule has 168 valence electrons. The van der Waals surface area contributed by atoms with E-state index in [2.05, 4.69) is 61.1 Å². The predicted molar refractivity (Wildman–Crippen MR) is 131 cm³/mol. The summed E-state index contributed by atoms with van der Waals surface area (Å²) in [6.07, 6.45) is 6.94. The van der Waals surface area contributed by atoms with Gasteiger partial charge in [0.1, 0.15) is 0 Å². The Morgan fingerprint density at radius 1 is 0.733 bits per heavy atom. The highest BCUT2D eigenvalue weighted by Crippen LogP contribution is 2.32. The average Bonchev–Trinajstić information content (AvgIpc) is 2.72. The third-order valence-corrected chi connectivity index (χ3v) is 4.01. The van der Waals surface area contributed by atoms with Gasteiger partial charge in [-0.15, -0.1) is 24.8 Å². The summed E-state index contributed by atoms with van der Waals surface area (Å²) in [6, 6.07) is 22.0. The molecule has 3 rings (SSSR count). The molecular formula is C22H33Cl2N2O3P. The smallest absolute Gasteiger partial charge is 0.324 e. The zero-order chi connectivity index (χ0) is 21.3. The summed E-state index contributed by atoms with van der Waals surface area (Å²) < 4.78 is 9.69. The van der Waals surface area contributed by atoms with Crippen LogP contribution in [0.15, 0.2) is 91.5 Å². The Bertz CT molecular complexity index is 669. The average molecular weight is 475 g/mol. The molecule has 5 nitrogen and oxygen atoms in total. The summed E-state index contributed by atoms with van der Waals surface area (Å²) in [5.41, 5.74) is 1.69. The molecule has 0 saturated carbocycles. The fraction of sp³-hybridized carbons (Fsp3) is 0.273. The molecule has 0 aliphatic heterocycles. The molecule has 0 unspecified atom stereocenters. The molecule has 2 heterocycles. The maximum atomic E-state index is 9.69. The molecule has 0 bridgehead atoms. The summed E-state index contributed by atoms with van der Waals surface area (Å²) in [7, 11) is -3.65. The van der Waals surface area contributed by atoms with Crippen molar-refractivity contribution in [1.29, 1.82) is 0 Å². The van der Waals surface area contributed by atoms with Crippen molar-refractivity contribution in [2.24, 2.45) is 0 Å². The highest BCUT2D eigenvalue weighted by Gasteiger charge is 2.11. The van der Waals surface area contributed by atoms with Crippen molar-refractivity contribution in [2.75, 3.05) is 6.16 Å². The second-order valence-corrected chi connectivity index (χ2v) is 8.61. The van der Waals surface area contributed by atoms with Gasteiger partial charge in [-0.05, 0) is 35.2 Å². The molecule has 0 saturated heterocycles. The number of hydrogen-bond donors (Lipinski definition) is 2. The molecule has 2 aromatic heterocycles. The SMILES string of the molecule is CC(C)(C)c1ccccc1.CCP(=O)(O)O.Cl.Cl.c1ccncc1.c1ccncc1. The molecule has 3 aromatic rings. The molecule has 0 atom stereocenters. The maximum Gasteiger partial charge on any atom is 0.325 e. The van der Waals surface area contributed by atoms with E-state index in [4.69, 9.17) is 9.79 Å². The van der Waals surface area contributed by atoms with E-state index in [9.17, 15) is 4.57 Å². The molecular weight excluding hydrogens is 442 g/mol. The molecule has 2 N–H and O–H groups in total. The zero-order valence-electron chi connectivity index (χ0n) is 17.8. The predicted octanol–water partition coefficient (Wildman–Crippen LogP) is 6.17. The lowest BCUT2D eigenvalue weighted by Gasteiger charge is -2.18. The van der Waals surface area contributed by atoms with Crippen LogP contribution in [0.25, 0.3) is 0 Å². The number of pyridine rings is 2. The van der Waals surface area contributed by atoms with Gasteiger partial charge in [0.25, 0.3) is 0 Å². The first-order valence-electron chi connectivity index (χ1n) is 8.97. The molecule has 0 aliphatic carbocycles. The Labute approximate surface area is 193 Å². The zero-order valence-corrected chi connectivity index (χ0v) is 20.4. The van der Waals surface area contributed by atoms with Gasteiger partial charge in [-0.2, -0.15) is 0 Å². The first-order valence-corrected chi connectivity index (χ1v) is 10.8. The minimum absolute atomic E-state index is 0. The van der Waals surface area contributed by atoms with Crippen molar-refractivity contribution in [2.45, 2.75) is 33.1 Å². The molecule has 0 fully saturated rings. The number of hydrogen-bond acceptors (Lipinski definition) is 3. The molecule has 0 radical (unpaired) electrons. The van der Waals surface area contributed by atoms with E-state index in [0.717, 1.165) is 0 Å². The van der Waals surface area contributed by atoms with Gasteiger partial charge in [0, 0.05) is 30.9 Å². The molecule has 0 amide bonds. The first kappa shape index (κ1) is 32.9. The van der Waals surface area contributed by atoms with Crippen molar-refractivity contribution >= 4 is 32.4 Å². The van der Waals surface area contributed by atoms with E-state index < -0.39 is 7.60 Å². The highest BCUT2D eigenvalue weighted by molar-refractivity contribution is 7.51. The normalized spacial score (nSPS) is 9.40. The second kappa shape index (κ2) is 19.2. The number of benzene rings is 1. The Morgan fingerprint density at radius 3 is 1.17 bits per heavy atom. The highest BCUT2D eigenvalue weighted by atomic mass is 35.5. The number of nitrogens with zero attached hydrogens (tertiary/aromatic N) is 2. The van der Waals surface area contributed by atoms with Gasteiger partial charge in [-0.25, -0.2) is 0 Å². The summed E-state index contributed by atoms with van der Waals surface area (Å²) in [4.78, 5) is 23.4. The van der Waals surface area contributed by atoms with Gasteiger partial charge in [-0.3, -0.25) is 14.5 Å². The first-order chi connectivity index (χ1) is 13.2. The van der Waals surface area contributed by atoms with E-state index in [1.807, 2.05) is 36.4 Å². The van der Waals surface area contributed by atoms with Crippen LogP contribution in [-0.2, 0) is 9.98 Å². The van der Waals surface area contributed by atoms with E-state index in [0.29, 0.717) is 5.41 Å². The molecule has 0 spiro atoms. The Hall–Kier alpha value is -1.75. The van der Waals surface area contributed by atoms with Crippen molar-refractivity contribution in [3.05, 3.63) is 97.1 Å². The van der Waals surface area contributed by atoms with Crippen molar-refractivity contribution in [3.8, 4) is 0 Å². The lowest BCUT2D eigenvalue weighted by molar-refractivity contribution is 0.375. The van der Waals surface area contributed by atoms with Gasteiger partial charge < -0.3 is 9.79 Å². The fourth-order valence-corrected chi connectivity index (χ4v) is 1.56. The Balaban J connectivity index is -0.000000326. The van der Waals surface area contributed by atoms with Crippen molar-refractivity contribution in [3.63, 3.8) is 0 Å². The van der Waals surface area contributed by atoms with E-state index in [-0.39, 0.29) is 31.0 Å². The number of halogens is 2. The molecule has 30 heavy (non-hydrogen) atoms. The summed E-state index contributed by atoms with van der Waals surface area (Å²) in [5.74, 6) is 0. The van der Waals surface area contributed by atoms with E-state index >= 15 is 0 Å². The van der Waals surface area contributed by atoms with Crippen LogP contribution in [0, 0.1) is 0 Å². The van der Waals surface area contributed by atoms with Gasteiger partial charge in [0.2, 0.25) is 0 Å². The fourth-order valence-electron chi connectivity index (χ4n) is 1.56. The van der Waals surface area contributed by atoms with Crippen molar-refractivity contribution in [1.82, 2.24) is 9.97 Å². The summed E-state index contributed by atoms with van der Waals surface area (Å²) in [5, 5.41) is 0. The van der Waals surface area contributed by atoms with Crippen LogP contribution in [0.3, 0.4) is 0 Å². The van der Waals surface area contributed by atoms with Gasteiger partial charge in [0.15, 0.2) is 0 Å². The van der Waals surface area contributed by atoms with Gasteiger partial charge in [-0.1, -0.05) is 70.2 Å². The largest absolute Gasteiger partial charge is 0.325 e. The minimum atomic E-state index is -3.65. The lowest BCUT2D eigenvalue weighted by atomic mass is 9.87. The second-order valence-electron chi connectivity index (χ2n) is 6.65. The van der Waals surface area contributed by atoms with Crippen LogP contribution in [0.4, 0.5) is 0 Å². The molecule has 0 aliphatic rings. The van der Waals surface area contributed by atoms with E-state index in [1.165, 1.54) is 12.5 Å². The van der Waals surface area contributed by atoms with Crippen LogP contribution in [0.2, 0.25) is 0 Å². The number of rotatable bonds is 1. The third-order valence-electron chi connectivity index (χ3n) is 3.18. The summed E-state index contributed by atoms with van der Waals surface area (Å²) in [6.45, 7) is 8.12.